The van der Waals surface area contributed by atoms with Crippen molar-refractivity contribution in [2.45, 2.75) is 12.3 Å². The van der Waals surface area contributed by atoms with E-state index in [0.29, 0.717) is 13.0 Å². The molecule has 0 aliphatic carbocycles. The third-order valence-electron chi connectivity index (χ3n) is 2.40. The molecule has 0 spiro atoms. The summed E-state index contributed by atoms with van der Waals surface area (Å²) < 4.78 is 0.941. The highest BCUT2D eigenvalue weighted by molar-refractivity contribution is 9.10. The predicted molar refractivity (Wildman–Crippen MR) is 56.2 cm³/mol. The summed E-state index contributed by atoms with van der Waals surface area (Å²) in [6.07, 6.45) is 0.502. The number of rotatable bonds is 1. The average molecular weight is 256 g/mol. The molecule has 1 aliphatic heterocycles. The van der Waals surface area contributed by atoms with E-state index in [1.54, 1.807) is 18.2 Å². The van der Waals surface area contributed by atoms with E-state index in [-0.39, 0.29) is 17.6 Å². The lowest BCUT2D eigenvalue weighted by molar-refractivity contribution is -0.119. The lowest BCUT2D eigenvalue weighted by Gasteiger charge is -2.10. The number of nitrogens with one attached hydrogen (secondary N) is 1. The SMILES string of the molecule is O=C1CC(c2cc(O)ccc2Br)CN1. The van der Waals surface area contributed by atoms with Crippen LogP contribution in [0.3, 0.4) is 0 Å². The molecule has 2 N–H and O–H groups in total. The Labute approximate surface area is 90.3 Å². The predicted octanol–water partition coefficient (Wildman–Crippen LogP) is 1.76. The summed E-state index contributed by atoms with van der Waals surface area (Å²) in [7, 11) is 0. The highest BCUT2D eigenvalue weighted by atomic mass is 79.9. The second kappa shape index (κ2) is 3.61. The number of phenols is 1. The van der Waals surface area contributed by atoms with Gasteiger partial charge in [0.25, 0.3) is 0 Å². The first kappa shape index (κ1) is 9.52. The van der Waals surface area contributed by atoms with Gasteiger partial charge in [-0.15, -0.1) is 0 Å². The molecule has 1 heterocycles. The summed E-state index contributed by atoms with van der Waals surface area (Å²) >= 11 is 3.41. The summed E-state index contributed by atoms with van der Waals surface area (Å²) in [4.78, 5) is 11.0. The highest BCUT2D eigenvalue weighted by Gasteiger charge is 2.24. The number of halogens is 1. The van der Waals surface area contributed by atoms with Gasteiger partial charge in [0.2, 0.25) is 5.91 Å². The van der Waals surface area contributed by atoms with E-state index < -0.39 is 0 Å². The van der Waals surface area contributed by atoms with Crippen LogP contribution in [-0.2, 0) is 4.79 Å². The van der Waals surface area contributed by atoms with Crippen LogP contribution in [0.1, 0.15) is 17.9 Å². The van der Waals surface area contributed by atoms with E-state index >= 15 is 0 Å². The van der Waals surface area contributed by atoms with Crippen LogP contribution in [-0.4, -0.2) is 17.6 Å². The minimum Gasteiger partial charge on any atom is -0.508 e. The van der Waals surface area contributed by atoms with Gasteiger partial charge < -0.3 is 10.4 Å². The van der Waals surface area contributed by atoms with Gasteiger partial charge in [0.15, 0.2) is 0 Å². The summed E-state index contributed by atoms with van der Waals surface area (Å²) in [5.41, 5.74) is 0.989. The Morgan fingerprint density at radius 3 is 2.93 bits per heavy atom. The Bertz CT molecular complexity index is 378. The molecule has 1 unspecified atom stereocenters. The van der Waals surface area contributed by atoms with E-state index in [1.807, 2.05) is 0 Å². The van der Waals surface area contributed by atoms with Crippen LogP contribution in [0, 0.1) is 0 Å². The van der Waals surface area contributed by atoms with Crippen molar-refractivity contribution in [1.29, 1.82) is 0 Å². The summed E-state index contributed by atoms with van der Waals surface area (Å²) in [5, 5.41) is 12.1. The minimum atomic E-state index is 0.0743. The van der Waals surface area contributed by atoms with Gasteiger partial charge in [0, 0.05) is 23.4 Å². The largest absolute Gasteiger partial charge is 0.508 e. The van der Waals surface area contributed by atoms with Crippen molar-refractivity contribution >= 4 is 21.8 Å². The van der Waals surface area contributed by atoms with Crippen molar-refractivity contribution in [3.05, 3.63) is 28.2 Å². The number of phenolic OH excluding ortho intramolecular Hbond substituents is 1. The zero-order valence-electron chi connectivity index (χ0n) is 7.46. The van der Waals surface area contributed by atoms with Crippen LogP contribution >= 0.6 is 15.9 Å². The molecular weight excluding hydrogens is 246 g/mol. The monoisotopic (exact) mass is 255 g/mol. The first-order chi connectivity index (χ1) is 6.66. The van der Waals surface area contributed by atoms with E-state index in [1.165, 1.54) is 0 Å². The number of hydrogen-bond acceptors (Lipinski definition) is 2. The fourth-order valence-corrected chi connectivity index (χ4v) is 2.24. The Morgan fingerprint density at radius 1 is 1.50 bits per heavy atom. The van der Waals surface area contributed by atoms with Crippen LogP contribution < -0.4 is 5.32 Å². The molecule has 1 aromatic rings. The second-order valence-corrected chi connectivity index (χ2v) is 4.27. The number of aromatic hydroxyl groups is 1. The van der Waals surface area contributed by atoms with E-state index in [4.69, 9.17) is 0 Å². The zero-order valence-corrected chi connectivity index (χ0v) is 9.04. The Kier molecular flexibility index (Phi) is 2.46. The molecular formula is C10H10BrNO2. The standard InChI is InChI=1S/C10H10BrNO2/c11-9-2-1-7(13)4-8(9)6-3-10(14)12-5-6/h1-2,4,6,13H,3,5H2,(H,12,14). The van der Waals surface area contributed by atoms with Crippen molar-refractivity contribution in [2.75, 3.05) is 6.54 Å². The maximum absolute atomic E-state index is 11.0. The third-order valence-corrected chi connectivity index (χ3v) is 3.12. The first-order valence-electron chi connectivity index (χ1n) is 4.42. The van der Waals surface area contributed by atoms with Crippen LogP contribution in [0.4, 0.5) is 0 Å². The number of carbonyl (C=O) groups excluding carboxylic acids is 1. The molecule has 0 bridgehead atoms. The molecule has 0 aromatic heterocycles. The zero-order chi connectivity index (χ0) is 10.1. The Hall–Kier alpha value is -1.03. The Morgan fingerprint density at radius 2 is 2.29 bits per heavy atom. The molecule has 2 rings (SSSR count). The summed E-state index contributed by atoms with van der Waals surface area (Å²) in [6.45, 7) is 0.654. The van der Waals surface area contributed by atoms with E-state index in [2.05, 4.69) is 21.2 Å². The highest BCUT2D eigenvalue weighted by Crippen LogP contribution is 2.31. The molecule has 0 saturated carbocycles. The molecule has 1 saturated heterocycles. The lowest BCUT2D eigenvalue weighted by atomic mass is 9.98. The van der Waals surface area contributed by atoms with Crippen molar-refractivity contribution < 1.29 is 9.90 Å². The second-order valence-electron chi connectivity index (χ2n) is 3.41. The number of hydrogen-bond donors (Lipinski definition) is 2. The molecule has 1 aliphatic rings. The van der Waals surface area contributed by atoms with Crippen molar-refractivity contribution in [3.63, 3.8) is 0 Å². The van der Waals surface area contributed by atoms with Gasteiger partial charge >= 0.3 is 0 Å². The maximum Gasteiger partial charge on any atom is 0.220 e. The summed E-state index contributed by atoms with van der Waals surface area (Å²) in [6, 6.07) is 5.13. The molecule has 1 amide bonds. The molecule has 4 heteroatoms. The number of carbonyl (C=O) groups is 1. The number of benzene rings is 1. The molecule has 14 heavy (non-hydrogen) atoms. The molecule has 1 aromatic carbocycles. The normalized spacial score (nSPS) is 20.9. The quantitative estimate of drug-likeness (QED) is 0.804. The molecule has 0 radical (unpaired) electrons. The minimum absolute atomic E-state index is 0.0743. The van der Waals surface area contributed by atoms with Crippen LogP contribution in [0.2, 0.25) is 0 Å². The molecule has 1 atom stereocenters. The van der Waals surface area contributed by atoms with E-state index in [9.17, 15) is 9.90 Å². The fourth-order valence-electron chi connectivity index (χ4n) is 1.67. The van der Waals surface area contributed by atoms with Crippen molar-refractivity contribution in [3.8, 4) is 5.75 Å². The van der Waals surface area contributed by atoms with Crippen LogP contribution in [0.15, 0.2) is 22.7 Å². The van der Waals surface area contributed by atoms with Gasteiger partial charge in [-0.1, -0.05) is 15.9 Å². The van der Waals surface area contributed by atoms with Crippen LogP contribution in [0.5, 0.6) is 5.75 Å². The van der Waals surface area contributed by atoms with Gasteiger partial charge in [-0.3, -0.25) is 4.79 Å². The topological polar surface area (TPSA) is 49.3 Å². The van der Waals surface area contributed by atoms with Gasteiger partial charge in [0.1, 0.15) is 5.75 Å². The molecule has 3 nitrogen and oxygen atoms in total. The van der Waals surface area contributed by atoms with Gasteiger partial charge in [-0.25, -0.2) is 0 Å². The Balaban J connectivity index is 2.31. The van der Waals surface area contributed by atoms with Crippen molar-refractivity contribution in [1.82, 2.24) is 5.32 Å². The third kappa shape index (κ3) is 1.75. The lowest BCUT2D eigenvalue weighted by Crippen LogP contribution is -2.13. The van der Waals surface area contributed by atoms with Crippen molar-refractivity contribution in [2.24, 2.45) is 0 Å². The van der Waals surface area contributed by atoms with Gasteiger partial charge in [-0.2, -0.15) is 0 Å². The summed E-state index contributed by atoms with van der Waals surface area (Å²) in [5.74, 6) is 0.483. The number of amides is 1. The molecule has 1 fully saturated rings. The molecule has 74 valence electrons. The fraction of sp³-hybridized carbons (Fsp3) is 0.300. The smallest absolute Gasteiger partial charge is 0.220 e. The van der Waals surface area contributed by atoms with Crippen LogP contribution in [0.25, 0.3) is 0 Å². The van der Waals surface area contributed by atoms with Gasteiger partial charge in [-0.05, 0) is 23.8 Å². The van der Waals surface area contributed by atoms with E-state index in [0.717, 1.165) is 10.0 Å². The first-order valence-corrected chi connectivity index (χ1v) is 5.21. The van der Waals surface area contributed by atoms with Gasteiger partial charge in [0.05, 0.1) is 0 Å². The average Bonchev–Trinajstić information content (AvgIpc) is 2.56. The maximum atomic E-state index is 11.0.